The number of hydrogen-bond donors (Lipinski definition) is 9. The van der Waals surface area contributed by atoms with Gasteiger partial charge in [-0.05, 0) is 57.8 Å². The van der Waals surface area contributed by atoms with Crippen LogP contribution >= 0.6 is 0 Å². The molecule has 0 radical (unpaired) electrons. The molecule has 2 heterocycles. The molecule has 0 bridgehead atoms. The molecule has 442 valence electrons. The summed E-state index contributed by atoms with van der Waals surface area (Å²) in [6, 6.07) is -0.931. The lowest BCUT2D eigenvalue weighted by molar-refractivity contribution is -0.359. The molecule has 0 saturated carbocycles. The van der Waals surface area contributed by atoms with Gasteiger partial charge in [-0.3, -0.25) is 4.79 Å². The Labute approximate surface area is 460 Å². The zero-order valence-electron chi connectivity index (χ0n) is 47.5. The van der Waals surface area contributed by atoms with E-state index in [0.29, 0.717) is 6.42 Å². The average molecular weight is 1080 g/mol. The minimum Gasteiger partial charge on any atom is -0.394 e. The van der Waals surface area contributed by atoms with E-state index >= 15 is 0 Å². The largest absolute Gasteiger partial charge is 0.394 e. The van der Waals surface area contributed by atoms with E-state index in [0.717, 1.165) is 70.6 Å². The molecule has 2 rings (SSSR count). The minimum absolute atomic E-state index is 0.251. The molecule has 2 aliphatic rings. The predicted octanol–water partition coefficient (Wildman–Crippen LogP) is 10.6. The number of aliphatic hydroxyl groups is 8. The molecule has 9 N–H and O–H groups in total. The van der Waals surface area contributed by atoms with Crippen molar-refractivity contribution in [2.75, 3.05) is 19.8 Å². The fourth-order valence-corrected chi connectivity index (χ4v) is 9.81. The smallest absolute Gasteiger partial charge is 0.220 e. The van der Waals surface area contributed by atoms with Gasteiger partial charge in [0.1, 0.15) is 48.8 Å². The van der Waals surface area contributed by atoms with Gasteiger partial charge in [-0.2, -0.15) is 0 Å². The van der Waals surface area contributed by atoms with E-state index in [4.69, 9.17) is 18.9 Å². The topological polar surface area (TPSA) is 228 Å². The van der Waals surface area contributed by atoms with Gasteiger partial charge in [0.25, 0.3) is 0 Å². The van der Waals surface area contributed by atoms with E-state index in [2.05, 4.69) is 67.8 Å². The van der Waals surface area contributed by atoms with Crippen molar-refractivity contribution < 1.29 is 64.6 Å². The summed E-state index contributed by atoms with van der Waals surface area (Å²) < 4.78 is 22.8. The Morgan fingerprint density at radius 1 is 0.487 bits per heavy atom. The van der Waals surface area contributed by atoms with E-state index in [1.807, 2.05) is 6.08 Å². The summed E-state index contributed by atoms with van der Waals surface area (Å²) in [5, 5.41) is 87.1. The van der Waals surface area contributed by atoms with Crippen LogP contribution in [-0.4, -0.2) is 140 Å². The fraction of sp³-hybridized carbons (Fsp3) is 0.823. The minimum atomic E-state index is -1.79. The summed E-state index contributed by atoms with van der Waals surface area (Å²) >= 11 is 0. The van der Waals surface area contributed by atoms with Gasteiger partial charge in [-0.1, -0.05) is 229 Å². The molecule has 0 aromatic rings. The first kappa shape index (κ1) is 69.8. The lowest BCUT2D eigenvalue weighted by Gasteiger charge is -2.46. The van der Waals surface area contributed by atoms with Crippen molar-refractivity contribution in [3.63, 3.8) is 0 Å². The van der Waals surface area contributed by atoms with Crippen molar-refractivity contribution in [3.05, 3.63) is 60.8 Å². The third-order valence-electron chi connectivity index (χ3n) is 14.7. The van der Waals surface area contributed by atoms with Crippen molar-refractivity contribution in [1.82, 2.24) is 5.32 Å². The van der Waals surface area contributed by atoms with Crippen molar-refractivity contribution >= 4 is 5.91 Å². The maximum Gasteiger partial charge on any atom is 0.220 e. The second-order valence-electron chi connectivity index (χ2n) is 21.5. The second-order valence-corrected chi connectivity index (χ2v) is 21.5. The highest BCUT2D eigenvalue weighted by molar-refractivity contribution is 5.76. The number of rotatable bonds is 48. The highest BCUT2D eigenvalue weighted by atomic mass is 16.7. The first-order valence-electron chi connectivity index (χ1n) is 30.5. The van der Waals surface area contributed by atoms with Gasteiger partial charge in [0, 0.05) is 6.42 Å². The maximum absolute atomic E-state index is 13.2. The predicted molar refractivity (Wildman–Crippen MR) is 304 cm³/mol. The lowest BCUT2D eigenvalue weighted by atomic mass is 9.97. The number of hydrogen-bond acceptors (Lipinski definition) is 13. The van der Waals surface area contributed by atoms with Crippen LogP contribution in [0, 0.1) is 0 Å². The Hall–Kier alpha value is -2.31. The van der Waals surface area contributed by atoms with Crippen LogP contribution < -0.4 is 5.32 Å². The van der Waals surface area contributed by atoms with E-state index in [1.165, 1.54) is 135 Å². The van der Waals surface area contributed by atoms with E-state index < -0.39 is 86.8 Å². The summed E-state index contributed by atoms with van der Waals surface area (Å²) in [7, 11) is 0. The molecule has 14 heteroatoms. The summed E-state index contributed by atoms with van der Waals surface area (Å²) in [6.07, 6.45) is 44.1. The maximum atomic E-state index is 13.2. The summed E-state index contributed by atoms with van der Waals surface area (Å²) in [6.45, 7) is 2.68. The molecule has 14 nitrogen and oxygen atoms in total. The summed E-state index contributed by atoms with van der Waals surface area (Å²) in [5.41, 5.74) is 0. The van der Waals surface area contributed by atoms with Crippen molar-refractivity contribution in [2.45, 2.75) is 306 Å². The SMILES string of the molecule is CC/C=C\C/C=C\C/C=C\C/C=C\CCCCCCC(=O)NC(COC1OC(CO)C(OC2OC(CO)C(O)C(O)C2O)C(O)C1O)C(O)/C=C/CCCCCCCCCCCCCCCCCCCCCCCCC. The van der Waals surface area contributed by atoms with E-state index in [-0.39, 0.29) is 18.9 Å². The molecule has 0 aromatic carbocycles. The third-order valence-corrected chi connectivity index (χ3v) is 14.7. The van der Waals surface area contributed by atoms with Crippen molar-refractivity contribution in [3.8, 4) is 0 Å². The van der Waals surface area contributed by atoms with Gasteiger partial charge in [0.2, 0.25) is 5.91 Å². The Bertz CT molecular complexity index is 1510. The standard InChI is InChI=1S/C62H111NO13/c1-3-5-7-9-11-13-15-17-19-21-22-23-24-25-26-27-28-30-31-33-35-37-39-41-43-45-51(66)50(63-54(67)46-44-42-40-38-36-34-32-29-20-18-16-14-12-10-8-6-4-2)49-73-61-59(72)57(70)60(53(48-65)75-61)76-62-58(71)56(69)55(68)52(47-64)74-62/h6,8,12,14,18,20,32,34,43,45,50-53,55-62,64-66,68-72H,3-5,7,9-11,13,15-17,19,21-31,33,35-42,44,46-49H2,1-2H3,(H,63,67)/b8-6-,14-12-,20-18-,34-32-,45-43+. The van der Waals surface area contributed by atoms with Gasteiger partial charge in [0.05, 0.1) is 32.0 Å². The van der Waals surface area contributed by atoms with Crippen molar-refractivity contribution in [2.24, 2.45) is 0 Å². The van der Waals surface area contributed by atoms with Crippen LogP contribution in [0.1, 0.15) is 232 Å². The molecule has 2 saturated heterocycles. The van der Waals surface area contributed by atoms with Crippen LogP contribution in [-0.2, 0) is 23.7 Å². The second kappa shape index (κ2) is 47.5. The molecule has 0 aliphatic carbocycles. The third kappa shape index (κ3) is 32.7. The number of amides is 1. The highest BCUT2D eigenvalue weighted by Crippen LogP contribution is 2.30. The van der Waals surface area contributed by atoms with Crippen LogP contribution in [0.3, 0.4) is 0 Å². The van der Waals surface area contributed by atoms with Crippen LogP contribution in [0.15, 0.2) is 60.8 Å². The molecule has 2 fully saturated rings. The molecule has 0 aromatic heterocycles. The molecule has 1 amide bonds. The summed E-state index contributed by atoms with van der Waals surface area (Å²) in [5.74, 6) is -0.263. The highest BCUT2D eigenvalue weighted by Gasteiger charge is 2.51. The van der Waals surface area contributed by atoms with Gasteiger partial charge in [-0.25, -0.2) is 0 Å². The molecule has 76 heavy (non-hydrogen) atoms. The Morgan fingerprint density at radius 3 is 1.39 bits per heavy atom. The molecule has 12 atom stereocenters. The van der Waals surface area contributed by atoms with Crippen LogP contribution in [0.25, 0.3) is 0 Å². The Morgan fingerprint density at radius 2 is 0.908 bits per heavy atom. The number of allylic oxidation sites excluding steroid dienone is 9. The lowest BCUT2D eigenvalue weighted by Crippen LogP contribution is -2.65. The van der Waals surface area contributed by atoms with Gasteiger partial charge in [-0.15, -0.1) is 0 Å². The van der Waals surface area contributed by atoms with Crippen LogP contribution in [0.5, 0.6) is 0 Å². The number of nitrogens with one attached hydrogen (secondary N) is 1. The van der Waals surface area contributed by atoms with Gasteiger partial charge in [0.15, 0.2) is 12.6 Å². The Balaban J connectivity index is 1.76. The number of ether oxygens (including phenoxy) is 4. The van der Waals surface area contributed by atoms with Crippen molar-refractivity contribution in [1.29, 1.82) is 0 Å². The zero-order chi connectivity index (χ0) is 55.3. The first-order valence-corrected chi connectivity index (χ1v) is 30.5. The first-order chi connectivity index (χ1) is 37.1. The molecule has 2 aliphatic heterocycles. The zero-order valence-corrected chi connectivity index (χ0v) is 47.5. The van der Waals surface area contributed by atoms with Crippen LogP contribution in [0.4, 0.5) is 0 Å². The van der Waals surface area contributed by atoms with Gasteiger partial charge >= 0.3 is 0 Å². The molecular weight excluding hydrogens is 967 g/mol. The molecule has 0 spiro atoms. The summed E-state index contributed by atoms with van der Waals surface area (Å²) in [4.78, 5) is 13.2. The average Bonchev–Trinajstić information content (AvgIpc) is 3.42. The monoisotopic (exact) mass is 1080 g/mol. The quantitative estimate of drug-likeness (QED) is 0.0204. The Kier molecular flexibility index (Phi) is 43.6. The van der Waals surface area contributed by atoms with Gasteiger partial charge < -0.3 is 65.1 Å². The number of aliphatic hydroxyl groups excluding tert-OH is 8. The number of carbonyl (C=O) groups excluding carboxylic acids is 1. The normalized spacial score (nSPS) is 25.3. The number of unbranched alkanes of at least 4 members (excludes halogenated alkanes) is 27. The number of carbonyl (C=O) groups is 1. The molecule has 12 unspecified atom stereocenters. The van der Waals surface area contributed by atoms with E-state index in [9.17, 15) is 45.6 Å². The molecular formula is C62H111NO13. The van der Waals surface area contributed by atoms with Crippen LogP contribution in [0.2, 0.25) is 0 Å². The van der Waals surface area contributed by atoms with E-state index in [1.54, 1.807) is 6.08 Å². The fourth-order valence-electron chi connectivity index (χ4n) is 9.81.